The molecule has 0 aliphatic heterocycles. The molecule has 106 valence electrons. The summed E-state index contributed by atoms with van der Waals surface area (Å²) in [6.45, 7) is 4.00. The van der Waals surface area contributed by atoms with Crippen LogP contribution < -0.4 is 0 Å². The molecule has 2 aromatic heterocycles. The minimum atomic E-state index is -0.377. The van der Waals surface area contributed by atoms with Gasteiger partial charge in [-0.25, -0.2) is 9.78 Å². The van der Waals surface area contributed by atoms with E-state index >= 15 is 0 Å². The van der Waals surface area contributed by atoms with Gasteiger partial charge in [-0.3, -0.25) is 4.98 Å². The van der Waals surface area contributed by atoms with Gasteiger partial charge < -0.3 is 4.74 Å². The highest BCUT2D eigenvalue weighted by Crippen LogP contribution is 2.31. The number of carbonyl (C=O) groups excluding carboxylic acids is 1. The second-order valence-electron chi connectivity index (χ2n) is 4.52. The summed E-state index contributed by atoms with van der Waals surface area (Å²) in [5.41, 5.74) is 1.18. The molecule has 0 bridgehead atoms. The van der Waals surface area contributed by atoms with Gasteiger partial charge in [0.2, 0.25) is 0 Å². The number of pyridine rings is 1. The lowest BCUT2D eigenvalue weighted by atomic mass is 10.1. The Kier molecular flexibility index (Phi) is 3.66. The molecule has 4 nitrogen and oxygen atoms in total. The lowest BCUT2D eigenvalue weighted by Gasteiger charge is -2.02. The minimum absolute atomic E-state index is 0.345. The number of fused-ring (bicyclic) bond motifs is 1. The van der Waals surface area contributed by atoms with Gasteiger partial charge in [0.1, 0.15) is 10.7 Å². The Balaban J connectivity index is 2.12. The van der Waals surface area contributed by atoms with Gasteiger partial charge in [0, 0.05) is 16.5 Å². The van der Waals surface area contributed by atoms with Crippen LogP contribution in [0.4, 0.5) is 0 Å². The third kappa shape index (κ3) is 2.52. The van der Waals surface area contributed by atoms with Crippen LogP contribution in [0.25, 0.3) is 21.5 Å². The zero-order valence-electron chi connectivity index (χ0n) is 11.8. The molecule has 1 aromatic carbocycles. The van der Waals surface area contributed by atoms with Gasteiger partial charge in [0.25, 0.3) is 0 Å². The monoisotopic (exact) mass is 298 g/mol. The molecule has 0 N–H and O–H groups in total. The van der Waals surface area contributed by atoms with Crippen LogP contribution in [0.15, 0.2) is 36.5 Å². The zero-order valence-corrected chi connectivity index (χ0v) is 12.6. The highest BCUT2D eigenvalue weighted by molar-refractivity contribution is 7.15. The van der Waals surface area contributed by atoms with Crippen LogP contribution in [0.2, 0.25) is 0 Å². The number of esters is 1. The molecule has 2 heterocycles. The van der Waals surface area contributed by atoms with Crippen molar-refractivity contribution in [2.75, 3.05) is 6.61 Å². The SMILES string of the molecule is CCOC(=O)c1nc(-c2nccc3ccccc23)sc1C. The Morgan fingerprint density at radius 2 is 2.10 bits per heavy atom. The highest BCUT2D eigenvalue weighted by Gasteiger charge is 2.18. The normalized spacial score (nSPS) is 10.8. The first-order valence-electron chi connectivity index (χ1n) is 6.69. The topological polar surface area (TPSA) is 52.1 Å². The summed E-state index contributed by atoms with van der Waals surface area (Å²) in [4.78, 5) is 21.6. The minimum Gasteiger partial charge on any atom is -0.461 e. The molecule has 0 saturated heterocycles. The van der Waals surface area contributed by atoms with Crippen molar-refractivity contribution in [1.82, 2.24) is 9.97 Å². The second kappa shape index (κ2) is 5.61. The maximum atomic E-state index is 11.9. The van der Waals surface area contributed by atoms with Gasteiger partial charge in [-0.2, -0.15) is 0 Å². The van der Waals surface area contributed by atoms with Crippen molar-refractivity contribution in [2.45, 2.75) is 13.8 Å². The Hall–Kier alpha value is -2.27. The van der Waals surface area contributed by atoms with Crippen molar-refractivity contribution in [2.24, 2.45) is 0 Å². The molecule has 0 aliphatic carbocycles. The zero-order chi connectivity index (χ0) is 14.8. The quantitative estimate of drug-likeness (QED) is 0.689. The molecule has 0 aliphatic rings. The fraction of sp³-hybridized carbons (Fsp3) is 0.188. The van der Waals surface area contributed by atoms with Crippen molar-refractivity contribution >= 4 is 28.1 Å². The van der Waals surface area contributed by atoms with Gasteiger partial charge in [0.05, 0.1) is 6.61 Å². The number of aryl methyl sites for hydroxylation is 1. The first-order valence-corrected chi connectivity index (χ1v) is 7.51. The lowest BCUT2D eigenvalue weighted by molar-refractivity contribution is 0.0519. The number of nitrogens with zero attached hydrogens (tertiary/aromatic N) is 2. The van der Waals surface area contributed by atoms with Gasteiger partial charge >= 0.3 is 5.97 Å². The van der Waals surface area contributed by atoms with Gasteiger partial charge in [-0.15, -0.1) is 11.3 Å². The van der Waals surface area contributed by atoms with Crippen LogP contribution >= 0.6 is 11.3 Å². The van der Waals surface area contributed by atoms with E-state index in [1.54, 1.807) is 13.1 Å². The lowest BCUT2D eigenvalue weighted by Crippen LogP contribution is -2.06. The largest absolute Gasteiger partial charge is 0.461 e. The smallest absolute Gasteiger partial charge is 0.358 e. The number of ether oxygens (including phenoxy) is 1. The molecule has 5 heteroatoms. The summed E-state index contributed by atoms with van der Waals surface area (Å²) in [5.74, 6) is -0.377. The average molecular weight is 298 g/mol. The number of aromatic nitrogens is 2. The molecule has 0 unspecified atom stereocenters. The Morgan fingerprint density at radius 3 is 2.90 bits per heavy atom. The third-order valence-corrected chi connectivity index (χ3v) is 4.12. The Labute approximate surface area is 126 Å². The molecule has 3 rings (SSSR count). The van der Waals surface area contributed by atoms with Crippen molar-refractivity contribution in [3.63, 3.8) is 0 Å². The van der Waals surface area contributed by atoms with Crippen molar-refractivity contribution in [3.05, 3.63) is 47.1 Å². The first-order chi connectivity index (χ1) is 10.2. The summed E-state index contributed by atoms with van der Waals surface area (Å²) in [7, 11) is 0. The van der Waals surface area contributed by atoms with Crippen molar-refractivity contribution < 1.29 is 9.53 Å². The molecule has 0 amide bonds. The summed E-state index contributed by atoms with van der Waals surface area (Å²) in [6.07, 6.45) is 1.76. The number of hydrogen-bond donors (Lipinski definition) is 0. The molecule has 0 saturated carbocycles. The average Bonchev–Trinajstić information content (AvgIpc) is 2.89. The van der Waals surface area contributed by atoms with Gasteiger partial charge in [0.15, 0.2) is 5.69 Å². The first kappa shape index (κ1) is 13.7. The maximum Gasteiger partial charge on any atom is 0.358 e. The molecule has 0 spiro atoms. The van der Waals surface area contributed by atoms with Gasteiger partial charge in [-0.1, -0.05) is 24.3 Å². The summed E-state index contributed by atoms with van der Waals surface area (Å²) in [6, 6.07) is 9.97. The van der Waals surface area contributed by atoms with Crippen LogP contribution in [-0.4, -0.2) is 22.5 Å². The van der Waals surface area contributed by atoms with Crippen LogP contribution in [-0.2, 0) is 4.74 Å². The van der Waals surface area contributed by atoms with E-state index in [1.165, 1.54) is 11.3 Å². The van der Waals surface area contributed by atoms with Crippen molar-refractivity contribution in [3.8, 4) is 10.7 Å². The number of hydrogen-bond acceptors (Lipinski definition) is 5. The third-order valence-electron chi connectivity index (χ3n) is 3.14. The van der Waals surface area contributed by atoms with Crippen LogP contribution in [0.5, 0.6) is 0 Å². The summed E-state index contributed by atoms with van der Waals surface area (Å²) in [5, 5.41) is 2.88. The number of rotatable bonds is 3. The van der Waals surface area contributed by atoms with E-state index in [0.717, 1.165) is 26.4 Å². The summed E-state index contributed by atoms with van der Waals surface area (Å²) < 4.78 is 5.03. The van der Waals surface area contributed by atoms with E-state index in [1.807, 2.05) is 37.3 Å². The Bertz CT molecular complexity index is 806. The van der Waals surface area contributed by atoms with E-state index in [4.69, 9.17) is 4.74 Å². The predicted molar refractivity (Wildman–Crippen MR) is 83.5 cm³/mol. The van der Waals surface area contributed by atoms with E-state index in [9.17, 15) is 4.79 Å². The van der Waals surface area contributed by atoms with Crippen molar-refractivity contribution in [1.29, 1.82) is 0 Å². The molecular formula is C16H14N2O2S. The highest BCUT2D eigenvalue weighted by atomic mass is 32.1. The number of thiazole rings is 1. The van der Waals surface area contributed by atoms with E-state index < -0.39 is 0 Å². The van der Waals surface area contributed by atoms with E-state index in [-0.39, 0.29) is 5.97 Å². The number of carbonyl (C=O) groups is 1. The predicted octanol–water partition coefficient (Wildman–Crippen LogP) is 3.84. The van der Waals surface area contributed by atoms with E-state index in [0.29, 0.717) is 12.3 Å². The molecule has 0 radical (unpaired) electrons. The fourth-order valence-electron chi connectivity index (χ4n) is 2.18. The van der Waals surface area contributed by atoms with Crippen LogP contribution in [0.1, 0.15) is 22.3 Å². The molecular weight excluding hydrogens is 284 g/mol. The second-order valence-corrected chi connectivity index (χ2v) is 5.73. The molecule has 21 heavy (non-hydrogen) atoms. The van der Waals surface area contributed by atoms with Crippen LogP contribution in [0.3, 0.4) is 0 Å². The molecule has 0 fully saturated rings. The molecule has 0 atom stereocenters. The maximum absolute atomic E-state index is 11.9. The Morgan fingerprint density at radius 1 is 1.29 bits per heavy atom. The summed E-state index contributed by atoms with van der Waals surface area (Å²) >= 11 is 1.46. The van der Waals surface area contributed by atoms with Gasteiger partial charge in [-0.05, 0) is 25.3 Å². The van der Waals surface area contributed by atoms with Crippen LogP contribution in [0, 0.1) is 6.92 Å². The fourth-order valence-corrected chi connectivity index (χ4v) is 3.09. The number of benzene rings is 1. The molecule has 3 aromatic rings. The van der Waals surface area contributed by atoms with E-state index in [2.05, 4.69) is 9.97 Å². The standard InChI is InChI=1S/C16H14N2O2S/c1-3-20-16(19)13-10(2)21-15(18-13)14-12-7-5-4-6-11(12)8-9-17-14/h4-9H,3H2,1-2H3.